The molecule has 106 valence electrons. The van der Waals surface area contributed by atoms with Crippen LogP contribution >= 0.6 is 0 Å². The van der Waals surface area contributed by atoms with Gasteiger partial charge in [0, 0.05) is 26.8 Å². The number of aliphatic carboxylic acids is 1. The number of urea groups is 1. The van der Waals surface area contributed by atoms with Crippen LogP contribution in [0.2, 0.25) is 0 Å². The zero-order chi connectivity index (χ0) is 14.1. The van der Waals surface area contributed by atoms with Crippen LogP contribution in [0.1, 0.15) is 27.2 Å². The summed E-state index contributed by atoms with van der Waals surface area (Å²) in [5.41, 5.74) is 0. The number of likely N-dealkylation sites (N-methyl/N-ethyl adjacent to an activating group) is 1. The summed E-state index contributed by atoms with van der Waals surface area (Å²) < 4.78 is 5.36. The number of ether oxygens (including phenoxy) is 1. The third-order valence-electron chi connectivity index (χ3n) is 2.45. The lowest BCUT2D eigenvalue weighted by Crippen LogP contribution is -2.46. The van der Waals surface area contributed by atoms with Gasteiger partial charge < -0.3 is 20.1 Å². The Morgan fingerprint density at radius 1 is 1.33 bits per heavy atom. The van der Waals surface area contributed by atoms with Gasteiger partial charge in [0.05, 0.1) is 0 Å². The molecule has 0 bridgehead atoms. The van der Waals surface area contributed by atoms with Crippen molar-refractivity contribution in [1.82, 2.24) is 10.2 Å². The maximum absolute atomic E-state index is 11.5. The standard InChI is InChI=1S/C12H24N2O4/c1-9(2)8-18-7-5-6-13-12(17)14(4)10(3)11(15)16/h9-10H,5-8H2,1-4H3,(H,13,17)(H,15,16). The van der Waals surface area contributed by atoms with Gasteiger partial charge in [0.2, 0.25) is 0 Å². The van der Waals surface area contributed by atoms with E-state index in [1.807, 2.05) is 0 Å². The van der Waals surface area contributed by atoms with Gasteiger partial charge in [-0.25, -0.2) is 9.59 Å². The van der Waals surface area contributed by atoms with Crippen molar-refractivity contribution >= 4 is 12.0 Å². The molecule has 18 heavy (non-hydrogen) atoms. The number of hydrogen-bond acceptors (Lipinski definition) is 3. The van der Waals surface area contributed by atoms with Crippen molar-refractivity contribution in [2.24, 2.45) is 5.92 Å². The zero-order valence-corrected chi connectivity index (χ0v) is 11.6. The third-order valence-corrected chi connectivity index (χ3v) is 2.45. The van der Waals surface area contributed by atoms with Crippen LogP contribution in [-0.2, 0) is 9.53 Å². The third kappa shape index (κ3) is 7.11. The molecule has 0 rings (SSSR count). The summed E-state index contributed by atoms with van der Waals surface area (Å²) in [7, 11) is 1.46. The number of hydrogen-bond donors (Lipinski definition) is 2. The molecule has 1 unspecified atom stereocenters. The molecule has 0 aromatic carbocycles. The Balaban J connectivity index is 3.67. The predicted octanol–water partition coefficient (Wildman–Crippen LogP) is 1.16. The summed E-state index contributed by atoms with van der Waals surface area (Å²) >= 11 is 0. The smallest absolute Gasteiger partial charge is 0.326 e. The summed E-state index contributed by atoms with van der Waals surface area (Å²) in [6.45, 7) is 7.40. The first-order valence-corrected chi connectivity index (χ1v) is 6.17. The highest BCUT2D eigenvalue weighted by Crippen LogP contribution is 1.96. The average Bonchev–Trinajstić information content (AvgIpc) is 2.30. The minimum absolute atomic E-state index is 0.381. The lowest BCUT2D eigenvalue weighted by molar-refractivity contribution is -0.141. The van der Waals surface area contributed by atoms with Crippen molar-refractivity contribution in [2.45, 2.75) is 33.2 Å². The fourth-order valence-corrected chi connectivity index (χ4v) is 1.15. The van der Waals surface area contributed by atoms with E-state index in [1.165, 1.54) is 14.0 Å². The largest absolute Gasteiger partial charge is 0.480 e. The van der Waals surface area contributed by atoms with E-state index in [4.69, 9.17) is 9.84 Å². The van der Waals surface area contributed by atoms with Crippen LogP contribution in [0.25, 0.3) is 0 Å². The van der Waals surface area contributed by atoms with E-state index in [0.29, 0.717) is 32.1 Å². The highest BCUT2D eigenvalue weighted by Gasteiger charge is 2.20. The average molecular weight is 260 g/mol. The normalized spacial score (nSPS) is 12.3. The van der Waals surface area contributed by atoms with Crippen molar-refractivity contribution in [3.05, 3.63) is 0 Å². The quantitative estimate of drug-likeness (QED) is 0.642. The Kier molecular flexibility index (Phi) is 8.11. The molecule has 0 fully saturated rings. The summed E-state index contributed by atoms with van der Waals surface area (Å²) in [6, 6.07) is -1.21. The molecule has 6 heteroatoms. The number of carboxylic acids is 1. The van der Waals surface area contributed by atoms with Gasteiger partial charge >= 0.3 is 12.0 Å². The van der Waals surface area contributed by atoms with Crippen LogP contribution < -0.4 is 5.32 Å². The van der Waals surface area contributed by atoms with Gasteiger partial charge in [-0.1, -0.05) is 13.8 Å². The molecular formula is C12H24N2O4. The van der Waals surface area contributed by atoms with E-state index < -0.39 is 12.0 Å². The summed E-state index contributed by atoms with van der Waals surface area (Å²) in [4.78, 5) is 23.4. The SMILES string of the molecule is CC(C)COCCCNC(=O)N(C)C(C)C(=O)O. The number of nitrogens with one attached hydrogen (secondary N) is 1. The highest BCUT2D eigenvalue weighted by atomic mass is 16.5. The molecule has 0 radical (unpaired) electrons. The first-order valence-electron chi connectivity index (χ1n) is 6.17. The minimum atomic E-state index is -1.02. The summed E-state index contributed by atoms with van der Waals surface area (Å²) in [5, 5.41) is 11.4. The molecule has 0 heterocycles. The summed E-state index contributed by atoms with van der Waals surface area (Å²) in [6.07, 6.45) is 0.716. The van der Waals surface area contributed by atoms with Crippen molar-refractivity contribution < 1.29 is 19.4 Å². The fraction of sp³-hybridized carbons (Fsp3) is 0.833. The molecule has 2 N–H and O–H groups in total. The van der Waals surface area contributed by atoms with Gasteiger partial charge in [0.1, 0.15) is 6.04 Å². The predicted molar refractivity (Wildman–Crippen MR) is 68.5 cm³/mol. The van der Waals surface area contributed by atoms with E-state index >= 15 is 0 Å². The highest BCUT2D eigenvalue weighted by molar-refractivity contribution is 5.82. The number of carbonyl (C=O) groups is 2. The molecule has 0 aromatic heterocycles. The molecule has 0 aliphatic heterocycles. The molecule has 6 nitrogen and oxygen atoms in total. The Morgan fingerprint density at radius 3 is 2.44 bits per heavy atom. The monoisotopic (exact) mass is 260 g/mol. The molecule has 0 aliphatic carbocycles. The first kappa shape index (κ1) is 16.7. The Bertz CT molecular complexity index is 269. The van der Waals surface area contributed by atoms with Crippen LogP contribution in [0.5, 0.6) is 0 Å². The van der Waals surface area contributed by atoms with Crippen molar-refractivity contribution in [2.75, 3.05) is 26.8 Å². The molecule has 0 aliphatic rings. The van der Waals surface area contributed by atoms with E-state index in [0.717, 1.165) is 4.90 Å². The molecule has 0 saturated heterocycles. The van der Waals surface area contributed by atoms with Crippen LogP contribution in [0.15, 0.2) is 0 Å². The lowest BCUT2D eigenvalue weighted by atomic mass is 10.2. The number of rotatable bonds is 8. The Morgan fingerprint density at radius 2 is 1.94 bits per heavy atom. The number of nitrogens with zero attached hydrogens (tertiary/aromatic N) is 1. The summed E-state index contributed by atoms with van der Waals surface area (Å²) in [5.74, 6) is -0.518. The maximum atomic E-state index is 11.5. The van der Waals surface area contributed by atoms with Crippen molar-refractivity contribution in [3.63, 3.8) is 0 Å². The second-order valence-electron chi connectivity index (χ2n) is 4.68. The van der Waals surface area contributed by atoms with Crippen LogP contribution in [0.3, 0.4) is 0 Å². The van der Waals surface area contributed by atoms with E-state index in [9.17, 15) is 9.59 Å². The van der Waals surface area contributed by atoms with E-state index in [-0.39, 0.29) is 6.03 Å². The Labute approximate surface area is 108 Å². The first-order chi connectivity index (χ1) is 8.36. The molecule has 1 atom stereocenters. The maximum Gasteiger partial charge on any atom is 0.326 e. The number of carbonyl (C=O) groups excluding carboxylic acids is 1. The van der Waals surface area contributed by atoms with Crippen LogP contribution in [-0.4, -0.2) is 54.9 Å². The zero-order valence-electron chi connectivity index (χ0n) is 11.6. The number of amides is 2. The molecule has 0 spiro atoms. The second-order valence-corrected chi connectivity index (χ2v) is 4.68. The second kappa shape index (κ2) is 8.74. The van der Waals surface area contributed by atoms with Gasteiger partial charge in [0.25, 0.3) is 0 Å². The minimum Gasteiger partial charge on any atom is -0.480 e. The Hall–Kier alpha value is -1.30. The molecule has 0 saturated carbocycles. The topological polar surface area (TPSA) is 78.9 Å². The van der Waals surface area contributed by atoms with E-state index in [1.54, 1.807) is 0 Å². The van der Waals surface area contributed by atoms with Crippen LogP contribution in [0.4, 0.5) is 4.79 Å². The van der Waals surface area contributed by atoms with Gasteiger partial charge in [-0.15, -0.1) is 0 Å². The van der Waals surface area contributed by atoms with Crippen molar-refractivity contribution in [3.8, 4) is 0 Å². The van der Waals surface area contributed by atoms with E-state index in [2.05, 4.69) is 19.2 Å². The van der Waals surface area contributed by atoms with Gasteiger partial charge in [-0.05, 0) is 19.3 Å². The van der Waals surface area contributed by atoms with Gasteiger partial charge in [0.15, 0.2) is 0 Å². The van der Waals surface area contributed by atoms with Gasteiger partial charge in [-0.2, -0.15) is 0 Å². The fourth-order valence-electron chi connectivity index (χ4n) is 1.15. The lowest BCUT2D eigenvalue weighted by Gasteiger charge is -2.21. The molecular weight excluding hydrogens is 236 g/mol. The number of carboxylic acid groups (broad SMARTS) is 1. The van der Waals surface area contributed by atoms with Crippen LogP contribution in [0, 0.1) is 5.92 Å². The molecule has 2 amide bonds. The van der Waals surface area contributed by atoms with Crippen molar-refractivity contribution in [1.29, 1.82) is 0 Å². The van der Waals surface area contributed by atoms with Gasteiger partial charge in [-0.3, -0.25) is 0 Å². The molecule has 0 aromatic rings.